The van der Waals surface area contributed by atoms with Crippen LogP contribution < -0.4 is 24.3 Å². The van der Waals surface area contributed by atoms with Crippen LogP contribution in [0, 0.1) is 0 Å². The second-order valence-electron chi connectivity index (χ2n) is 8.33. The zero-order valence-corrected chi connectivity index (χ0v) is 22.7. The molecule has 0 spiro atoms. The fourth-order valence-electron chi connectivity index (χ4n) is 3.53. The van der Waals surface area contributed by atoms with Crippen LogP contribution in [0.25, 0.3) is 0 Å². The number of rotatable bonds is 14. The molecule has 8 nitrogen and oxygen atoms in total. The average molecular weight is 542 g/mol. The van der Waals surface area contributed by atoms with E-state index in [1.165, 1.54) is 6.07 Å². The first-order chi connectivity index (χ1) is 18.4. The van der Waals surface area contributed by atoms with Gasteiger partial charge in [0.05, 0.1) is 30.9 Å². The predicted molar refractivity (Wildman–Crippen MR) is 145 cm³/mol. The van der Waals surface area contributed by atoms with Crippen molar-refractivity contribution in [3.63, 3.8) is 0 Å². The molecule has 0 saturated heterocycles. The van der Waals surface area contributed by atoms with E-state index in [0.717, 1.165) is 16.9 Å². The summed E-state index contributed by atoms with van der Waals surface area (Å²) in [4.78, 5) is 25.5. The van der Waals surface area contributed by atoms with Crippen molar-refractivity contribution < 1.29 is 33.3 Å². The Morgan fingerprint density at radius 3 is 1.87 bits per heavy atom. The van der Waals surface area contributed by atoms with Gasteiger partial charge >= 0.3 is 0 Å². The molecule has 0 fully saturated rings. The molecule has 0 heterocycles. The van der Waals surface area contributed by atoms with Gasteiger partial charge in [-0.1, -0.05) is 42.8 Å². The molecule has 3 aromatic carbocycles. The molecule has 0 radical (unpaired) electrons. The van der Waals surface area contributed by atoms with E-state index in [2.05, 4.69) is 5.32 Å². The predicted octanol–water partition coefficient (Wildman–Crippen LogP) is 5.24. The number of halogens is 1. The molecule has 0 unspecified atom stereocenters. The summed E-state index contributed by atoms with van der Waals surface area (Å²) in [7, 11) is 4.74. The second kappa shape index (κ2) is 14.3. The molecular weight excluding hydrogens is 510 g/mol. The summed E-state index contributed by atoms with van der Waals surface area (Å²) in [5.74, 6) is 0.386. The van der Waals surface area contributed by atoms with E-state index in [1.54, 1.807) is 27.4 Å². The van der Waals surface area contributed by atoms with E-state index in [9.17, 15) is 9.59 Å². The monoisotopic (exact) mass is 541 g/mol. The Labute approximate surface area is 227 Å². The quantitative estimate of drug-likeness (QED) is 0.220. The molecule has 0 saturated carbocycles. The summed E-state index contributed by atoms with van der Waals surface area (Å²) < 4.78 is 27.7. The highest BCUT2D eigenvalue weighted by molar-refractivity contribution is 6.47. The van der Waals surface area contributed by atoms with Crippen molar-refractivity contribution in [2.45, 2.75) is 32.7 Å². The van der Waals surface area contributed by atoms with Crippen LogP contribution in [-0.2, 0) is 22.7 Å². The van der Waals surface area contributed by atoms with Crippen LogP contribution in [0.5, 0.6) is 23.0 Å². The minimum Gasteiger partial charge on any atom is -0.497 e. The lowest BCUT2D eigenvalue weighted by Gasteiger charge is -2.17. The second-order valence-corrected chi connectivity index (χ2v) is 8.71. The maximum Gasteiger partial charge on any atom is 0.292 e. The minimum absolute atomic E-state index is 0.00956. The lowest BCUT2D eigenvalue weighted by Crippen LogP contribution is -2.37. The van der Waals surface area contributed by atoms with Gasteiger partial charge in [0.1, 0.15) is 24.7 Å². The van der Waals surface area contributed by atoms with Crippen molar-refractivity contribution >= 4 is 23.3 Å². The van der Waals surface area contributed by atoms with E-state index in [-0.39, 0.29) is 42.2 Å². The van der Waals surface area contributed by atoms with Crippen LogP contribution in [-0.4, -0.2) is 45.7 Å². The summed E-state index contributed by atoms with van der Waals surface area (Å²) in [5.41, 5.74) is 1.75. The molecular formula is C29H32ClNO7. The topological polar surface area (TPSA) is 92.3 Å². The van der Waals surface area contributed by atoms with Crippen LogP contribution >= 0.6 is 11.6 Å². The summed E-state index contributed by atoms with van der Waals surface area (Å²) in [5, 5.41) is 2.59. The molecule has 0 aliphatic heterocycles. The molecule has 0 bridgehead atoms. The van der Waals surface area contributed by atoms with E-state index in [1.807, 2.05) is 55.5 Å². The molecule has 0 aliphatic carbocycles. The number of Topliss-reactive ketones (excluding diaryl/α,β-unsaturated/α-hetero) is 1. The Bertz CT molecular complexity index is 1210. The Balaban J connectivity index is 1.83. The third kappa shape index (κ3) is 7.63. The Kier molecular flexibility index (Phi) is 10.8. The highest BCUT2D eigenvalue weighted by Gasteiger charge is 2.24. The van der Waals surface area contributed by atoms with E-state index in [4.69, 9.17) is 35.3 Å². The lowest BCUT2D eigenvalue weighted by atomic mass is 10.1. The number of amides is 1. The van der Waals surface area contributed by atoms with Gasteiger partial charge in [-0.3, -0.25) is 9.59 Å². The summed E-state index contributed by atoms with van der Waals surface area (Å²) >= 11 is 6.64. The van der Waals surface area contributed by atoms with Crippen molar-refractivity contribution in [2.75, 3.05) is 27.9 Å². The number of carbonyl (C=O) groups is 2. The molecule has 3 rings (SSSR count). The van der Waals surface area contributed by atoms with Crippen LogP contribution in [0.1, 0.15) is 34.8 Å². The molecule has 1 amide bonds. The molecule has 1 N–H and O–H groups in total. The molecule has 0 aliphatic rings. The Morgan fingerprint density at radius 2 is 1.37 bits per heavy atom. The average Bonchev–Trinajstić information content (AvgIpc) is 2.96. The van der Waals surface area contributed by atoms with Crippen molar-refractivity contribution in [2.24, 2.45) is 0 Å². The highest BCUT2D eigenvalue weighted by Crippen LogP contribution is 2.39. The van der Waals surface area contributed by atoms with Gasteiger partial charge < -0.3 is 29.0 Å². The molecule has 202 valence electrons. The van der Waals surface area contributed by atoms with Gasteiger partial charge in [0.2, 0.25) is 0 Å². The van der Waals surface area contributed by atoms with Crippen molar-refractivity contribution in [1.82, 2.24) is 5.32 Å². The van der Waals surface area contributed by atoms with Crippen LogP contribution in [0.4, 0.5) is 0 Å². The van der Waals surface area contributed by atoms with Crippen LogP contribution in [0.2, 0.25) is 5.02 Å². The zero-order valence-electron chi connectivity index (χ0n) is 21.9. The first kappa shape index (κ1) is 28.8. The van der Waals surface area contributed by atoms with E-state index in [0.29, 0.717) is 17.9 Å². The third-order valence-corrected chi connectivity index (χ3v) is 6.26. The SMILES string of the molecule is CC[C@H](CNC(=O)C(=O)c1ccc(OCc2ccc(OC)cc2)c(OCc2ccc(OC)cc2)c1Cl)OC. The summed E-state index contributed by atoms with van der Waals surface area (Å²) in [6.07, 6.45) is 0.495. The summed E-state index contributed by atoms with van der Waals surface area (Å²) in [6.45, 7) is 2.51. The number of nitrogens with one attached hydrogen (secondary N) is 1. The lowest BCUT2D eigenvalue weighted by molar-refractivity contribution is -0.117. The molecule has 1 atom stereocenters. The van der Waals surface area contributed by atoms with Crippen molar-refractivity contribution in [1.29, 1.82) is 0 Å². The Hall–Kier alpha value is -3.75. The molecule has 9 heteroatoms. The van der Waals surface area contributed by atoms with Crippen LogP contribution in [0.3, 0.4) is 0 Å². The largest absolute Gasteiger partial charge is 0.497 e. The number of ketones is 1. The fourth-order valence-corrected chi connectivity index (χ4v) is 3.82. The smallest absolute Gasteiger partial charge is 0.292 e. The van der Waals surface area contributed by atoms with Gasteiger partial charge in [-0.15, -0.1) is 0 Å². The number of ether oxygens (including phenoxy) is 5. The highest BCUT2D eigenvalue weighted by atomic mass is 35.5. The standard InChI is InChI=1S/C29H32ClNO7/c1-5-21(34-2)16-31-29(33)27(32)24-14-15-25(37-17-19-6-10-22(35-3)11-7-19)28(26(24)30)38-18-20-8-12-23(36-4)13-9-20/h6-15,21H,5,16-18H2,1-4H3,(H,31,33)/t21-/m1/s1. The number of hydrogen-bond acceptors (Lipinski definition) is 7. The first-order valence-corrected chi connectivity index (χ1v) is 12.5. The number of methoxy groups -OCH3 is 3. The molecule has 0 aromatic heterocycles. The number of hydrogen-bond donors (Lipinski definition) is 1. The van der Waals surface area contributed by atoms with Crippen molar-refractivity contribution in [3.8, 4) is 23.0 Å². The van der Waals surface area contributed by atoms with Gasteiger partial charge in [-0.25, -0.2) is 0 Å². The maximum atomic E-state index is 12.9. The Morgan fingerprint density at radius 1 is 0.816 bits per heavy atom. The van der Waals surface area contributed by atoms with E-state index < -0.39 is 11.7 Å². The minimum atomic E-state index is -0.782. The maximum absolute atomic E-state index is 12.9. The molecule has 38 heavy (non-hydrogen) atoms. The van der Waals surface area contributed by atoms with Gasteiger partial charge in [-0.05, 0) is 53.9 Å². The fraction of sp³-hybridized carbons (Fsp3) is 0.310. The number of carbonyl (C=O) groups excluding carboxylic acids is 2. The summed E-state index contributed by atoms with van der Waals surface area (Å²) in [6, 6.07) is 17.8. The van der Waals surface area contributed by atoms with E-state index >= 15 is 0 Å². The van der Waals surface area contributed by atoms with Gasteiger partial charge in [-0.2, -0.15) is 0 Å². The van der Waals surface area contributed by atoms with Gasteiger partial charge in [0.15, 0.2) is 11.5 Å². The third-order valence-electron chi connectivity index (χ3n) is 5.89. The molecule has 3 aromatic rings. The normalized spacial score (nSPS) is 11.4. The van der Waals surface area contributed by atoms with Gasteiger partial charge in [0.25, 0.3) is 11.7 Å². The van der Waals surface area contributed by atoms with Crippen LogP contribution in [0.15, 0.2) is 60.7 Å². The van der Waals surface area contributed by atoms with Gasteiger partial charge in [0, 0.05) is 13.7 Å². The zero-order chi connectivity index (χ0) is 27.5. The number of benzene rings is 3. The first-order valence-electron chi connectivity index (χ1n) is 12.1. The van der Waals surface area contributed by atoms with Crippen molar-refractivity contribution in [3.05, 3.63) is 82.4 Å².